The molecule has 0 aromatic heterocycles. The molecule has 1 saturated heterocycles. The lowest BCUT2D eigenvalue weighted by molar-refractivity contribution is 0.471. The smallest absolute Gasteiger partial charge is 0.131 e. The zero-order valence-corrected chi connectivity index (χ0v) is 23.3. The molecule has 202 valence electrons. The summed E-state index contributed by atoms with van der Waals surface area (Å²) in [6.07, 6.45) is 36.7. The number of halogens is 1. The molecule has 1 heterocycles. The van der Waals surface area contributed by atoms with Gasteiger partial charge >= 0.3 is 0 Å². The van der Waals surface area contributed by atoms with E-state index in [1.165, 1.54) is 48.0 Å². The summed E-state index contributed by atoms with van der Waals surface area (Å²) in [5, 5.41) is 3.55. The van der Waals surface area contributed by atoms with E-state index in [0.29, 0.717) is 11.5 Å². The highest BCUT2D eigenvalue weighted by atomic mass is 19.1. The van der Waals surface area contributed by atoms with E-state index in [2.05, 4.69) is 85.2 Å². The van der Waals surface area contributed by atoms with E-state index in [4.69, 9.17) is 0 Å². The first kappa shape index (κ1) is 27.3. The molecule has 0 bridgehead atoms. The van der Waals surface area contributed by atoms with Crippen molar-refractivity contribution in [2.75, 3.05) is 13.1 Å². The number of hydrogen-bond donors (Lipinski definition) is 1. The van der Waals surface area contributed by atoms with Crippen LogP contribution in [0.1, 0.15) is 63.9 Å². The first-order chi connectivity index (χ1) is 19.2. The first-order valence-electron chi connectivity index (χ1n) is 14.9. The third kappa shape index (κ3) is 7.67. The number of nitrogens with one attached hydrogen (secondary N) is 1. The van der Waals surface area contributed by atoms with Crippen molar-refractivity contribution in [3.8, 4) is 0 Å². The Bertz CT molecular complexity index is 1300. The van der Waals surface area contributed by atoms with E-state index in [9.17, 15) is 4.39 Å². The molecule has 1 nitrogen and oxygen atoms in total. The van der Waals surface area contributed by atoms with Gasteiger partial charge in [-0.1, -0.05) is 91.5 Å². The Kier molecular flexibility index (Phi) is 9.61. The molecular weight excluding hydrogens is 477 g/mol. The minimum atomic E-state index is -0.168. The van der Waals surface area contributed by atoms with Gasteiger partial charge in [-0.25, -0.2) is 4.39 Å². The molecule has 1 aliphatic heterocycles. The van der Waals surface area contributed by atoms with Crippen LogP contribution in [0.4, 0.5) is 4.39 Å². The van der Waals surface area contributed by atoms with Gasteiger partial charge in [0.1, 0.15) is 5.82 Å². The molecule has 3 aliphatic carbocycles. The van der Waals surface area contributed by atoms with Gasteiger partial charge in [-0.15, -0.1) is 0 Å². The standard InChI is InChI=1S/C37H42FN/c1-28-17-19-33(31-12-6-5-10-29(18-20-31)25-30-11-9-22-39-23-21-30)27-35(24-28)32-13-3-2-4-14-34(26-32)36-15-7-8-16-37(36)38/h3,7-8,10,12-20,24,26-28,30,39H,2,4-6,9,11,21-23,25H2,1H3. The van der Waals surface area contributed by atoms with E-state index in [1.807, 2.05) is 12.1 Å². The van der Waals surface area contributed by atoms with E-state index >= 15 is 0 Å². The fraction of sp³-hybridized carbons (Fsp3) is 0.351. The third-order valence-electron chi connectivity index (χ3n) is 8.12. The number of hydrogen-bond acceptors (Lipinski definition) is 1. The van der Waals surface area contributed by atoms with Crippen LogP contribution in [0.15, 0.2) is 125 Å². The summed E-state index contributed by atoms with van der Waals surface area (Å²) in [7, 11) is 0. The van der Waals surface area contributed by atoms with Gasteiger partial charge in [0, 0.05) is 5.56 Å². The van der Waals surface area contributed by atoms with Crippen molar-refractivity contribution in [1.29, 1.82) is 0 Å². The highest BCUT2D eigenvalue weighted by Gasteiger charge is 2.15. The molecule has 0 spiro atoms. The predicted octanol–water partition coefficient (Wildman–Crippen LogP) is 9.53. The van der Waals surface area contributed by atoms with Crippen molar-refractivity contribution >= 4 is 5.57 Å². The van der Waals surface area contributed by atoms with Crippen molar-refractivity contribution in [3.05, 3.63) is 136 Å². The molecule has 2 unspecified atom stereocenters. The monoisotopic (exact) mass is 519 g/mol. The van der Waals surface area contributed by atoms with Gasteiger partial charge in [0.15, 0.2) is 0 Å². The maximum Gasteiger partial charge on any atom is 0.131 e. The quantitative estimate of drug-likeness (QED) is 0.408. The number of benzene rings is 1. The number of allylic oxidation sites excluding steroid dienone is 18. The Morgan fingerprint density at radius 1 is 0.769 bits per heavy atom. The first-order valence-corrected chi connectivity index (χ1v) is 14.9. The molecule has 4 aliphatic rings. The zero-order chi connectivity index (χ0) is 26.9. The second kappa shape index (κ2) is 13.7. The summed E-state index contributed by atoms with van der Waals surface area (Å²) in [5.74, 6) is 0.926. The van der Waals surface area contributed by atoms with Gasteiger partial charge in [-0.05, 0) is 122 Å². The van der Waals surface area contributed by atoms with E-state index in [1.54, 1.807) is 12.1 Å². The minimum Gasteiger partial charge on any atom is -0.317 e. The SMILES string of the molecule is CC1C=CC(C2=CCCC=C(CC3CCCNCC3)C=C2)=CC(C2=CC(c3ccccc3F)=CCCC=C2)=C1. The Morgan fingerprint density at radius 2 is 1.56 bits per heavy atom. The highest BCUT2D eigenvalue weighted by Crippen LogP contribution is 2.32. The summed E-state index contributed by atoms with van der Waals surface area (Å²) < 4.78 is 14.7. The van der Waals surface area contributed by atoms with E-state index < -0.39 is 0 Å². The Balaban J connectivity index is 1.42. The Labute approximate surface area is 234 Å². The molecule has 0 amide bonds. The largest absolute Gasteiger partial charge is 0.317 e. The fourth-order valence-corrected chi connectivity index (χ4v) is 5.93. The third-order valence-corrected chi connectivity index (χ3v) is 8.12. The Morgan fingerprint density at radius 3 is 2.49 bits per heavy atom. The lowest BCUT2D eigenvalue weighted by atomic mass is 9.89. The van der Waals surface area contributed by atoms with Crippen LogP contribution in [0.5, 0.6) is 0 Å². The van der Waals surface area contributed by atoms with Crippen LogP contribution >= 0.6 is 0 Å². The summed E-state index contributed by atoms with van der Waals surface area (Å²) >= 11 is 0. The molecule has 0 radical (unpaired) electrons. The molecule has 2 heteroatoms. The predicted molar refractivity (Wildman–Crippen MR) is 165 cm³/mol. The van der Waals surface area contributed by atoms with E-state index in [0.717, 1.165) is 55.8 Å². The van der Waals surface area contributed by atoms with Crippen molar-refractivity contribution in [2.24, 2.45) is 11.8 Å². The average Bonchev–Trinajstić information content (AvgIpc) is 3.27. The normalized spacial score (nSPS) is 24.4. The molecular formula is C37H42FN. The van der Waals surface area contributed by atoms with Crippen molar-refractivity contribution < 1.29 is 4.39 Å². The fourth-order valence-electron chi connectivity index (χ4n) is 5.93. The summed E-state index contributed by atoms with van der Waals surface area (Å²) in [4.78, 5) is 0. The van der Waals surface area contributed by atoms with Gasteiger partial charge in [0.05, 0.1) is 0 Å². The summed E-state index contributed by atoms with van der Waals surface area (Å²) in [6.45, 7) is 4.55. The van der Waals surface area contributed by atoms with Crippen LogP contribution in [0.25, 0.3) is 5.57 Å². The van der Waals surface area contributed by atoms with Crippen LogP contribution in [0, 0.1) is 17.7 Å². The van der Waals surface area contributed by atoms with Crippen molar-refractivity contribution in [1.82, 2.24) is 5.32 Å². The van der Waals surface area contributed by atoms with E-state index in [-0.39, 0.29) is 5.82 Å². The average molecular weight is 520 g/mol. The van der Waals surface area contributed by atoms with Gasteiger partial charge in [-0.2, -0.15) is 0 Å². The second-order valence-electron chi connectivity index (χ2n) is 11.3. The van der Waals surface area contributed by atoms with Crippen LogP contribution in [-0.4, -0.2) is 13.1 Å². The lowest BCUT2D eigenvalue weighted by Gasteiger charge is -2.16. The van der Waals surface area contributed by atoms with Gasteiger partial charge in [-0.3, -0.25) is 0 Å². The van der Waals surface area contributed by atoms with Crippen LogP contribution in [0.3, 0.4) is 0 Å². The number of rotatable bonds is 5. The highest BCUT2D eigenvalue weighted by molar-refractivity contribution is 5.78. The van der Waals surface area contributed by atoms with Gasteiger partial charge < -0.3 is 5.32 Å². The van der Waals surface area contributed by atoms with Gasteiger partial charge in [0.2, 0.25) is 0 Å². The van der Waals surface area contributed by atoms with Crippen LogP contribution < -0.4 is 5.32 Å². The minimum absolute atomic E-state index is 0.168. The summed E-state index contributed by atoms with van der Waals surface area (Å²) in [6, 6.07) is 7.11. The zero-order valence-electron chi connectivity index (χ0n) is 23.3. The van der Waals surface area contributed by atoms with Crippen LogP contribution in [0.2, 0.25) is 0 Å². The summed E-state index contributed by atoms with van der Waals surface area (Å²) in [5.41, 5.74) is 7.98. The molecule has 1 aromatic rings. The maximum absolute atomic E-state index is 14.7. The molecule has 1 aromatic carbocycles. The topological polar surface area (TPSA) is 12.0 Å². The van der Waals surface area contributed by atoms with Crippen molar-refractivity contribution in [2.45, 2.75) is 58.3 Å². The molecule has 1 fully saturated rings. The maximum atomic E-state index is 14.7. The molecule has 0 saturated carbocycles. The van der Waals surface area contributed by atoms with Crippen LogP contribution in [-0.2, 0) is 0 Å². The Hall–Kier alpha value is -3.23. The molecule has 5 rings (SSSR count). The van der Waals surface area contributed by atoms with Crippen molar-refractivity contribution in [3.63, 3.8) is 0 Å². The molecule has 39 heavy (non-hydrogen) atoms. The van der Waals surface area contributed by atoms with Gasteiger partial charge in [0.25, 0.3) is 0 Å². The molecule has 2 atom stereocenters. The lowest BCUT2D eigenvalue weighted by Crippen LogP contribution is -2.14. The molecule has 1 N–H and O–H groups in total. The second-order valence-corrected chi connectivity index (χ2v) is 11.3.